The standard InChI is InChI=1S/C48H69NO6S/c1-32(2)34(4)44(7)25-26-46(9)37-21-22-39-45(8)30-53-31-48(39,38(37)23-24-47(46,10)40(44)42(50)54-28-35-17-13-11-14-18-35)27-33(3)41(45)55-29-43(5,6)49-56(51,52)36-19-15-12-16-20-36/h11-20,23,32-34,37,39-41,49H,21-22,24-31H2,1-10H3/t33-,34-,37+,39+,40-,41+,44-,45-,46-,47+,48+/m1/s1. The lowest BCUT2D eigenvalue weighted by atomic mass is 9.34. The average Bonchev–Trinajstić information content (AvgIpc) is 3.14. The zero-order chi connectivity index (χ0) is 40.5. The van der Waals surface area contributed by atoms with Crippen molar-refractivity contribution < 1.29 is 27.4 Å². The third kappa shape index (κ3) is 6.65. The summed E-state index contributed by atoms with van der Waals surface area (Å²) in [6, 6.07) is 18.7. The molecule has 7 nitrogen and oxygen atoms in total. The maximum Gasteiger partial charge on any atom is 0.310 e. The number of esters is 1. The summed E-state index contributed by atoms with van der Waals surface area (Å²) < 4.78 is 49.5. The van der Waals surface area contributed by atoms with Gasteiger partial charge in [0.1, 0.15) is 6.61 Å². The third-order valence-corrected chi connectivity index (χ3v) is 18.4. The van der Waals surface area contributed by atoms with E-state index in [1.165, 1.54) is 0 Å². The van der Waals surface area contributed by atoms with Gasteiger partial charge in [-0.05, 0) is 116 Å². The molecule has 2 aromatic carbocycles. The average molecular weight is 788 g/mol. The maximum absolute atomic E-state index is 14.8. The second kappa shape index (κ2) is 14.6. The molecule has 1 saturated heterocycles. The van der Waals surface area contributed by atoms with Crippen molar-refractivity contribution in [2.24, 2.45) is 62.6 Å². The first kappa shape index (κ1) is 41.6. The van der Waals surface area contributed by atoms with Gasteiger partial charge < -0.3 is 14.2 Å². The van der Waals surface area contributed by atoms with Gasteiger partial charge in [-0.1, -0.05) is 116 Å². The molecule has 2 aromatic rings. The van der Waals surface area contributed by atoms with Gasteiger partial charge in [0.05, 0.1) is 42.3 Å². The molecule has 0 amide bonds. The van der Waals surface area contributed by atoms with E-state index < -0.39 is 15.6 Å². The lowest BCUT2D eigenvalue weighted by molar-refractivity contribution is -0.252. The van der Waals surface area contributed by atoms with E-state index in [0.717, 1.165) is 50.7 Å². The predicted molar refractivity (Wildman–Crippen MR) is 222 cm³/mol. The van der Waals surface area contributed by atoms with Crippen molar-refractivity contribution >= 4 is 16.0 Å². The SMILES string of the molecule is CC(C)[C@@H](C)[C@@]1(C)CC[C@]2(C)[C@H]3CC[C@@H]4[C@@]5(COC[C@@]4(C)[C@@H](OCC(C)(C)NS(=O)(=O)c4ccccc4)[C@H](C)C5)C3=CC[C@@]2(C)[C@@H]1C(=O)OCc1ccccc1. The number of benzene rings is 2. The summed E-state index contributed by atoms with van der Waals surface area (Å²) in [6.07, 6.45) is 8.64. The molecule has 11 atom stereocenters. The molecular weight excluding hydrogens is 719 g/mol. The Balaban J connectivity index is 1.17. The van der Waals surface area contributed by atoms with Gasteiger partial charge in [0.2, 0.25) is 10.0 Å². The number of ether oxygens (including phenoxy) is 3. The van der Waals surface area contributed by atoms with E-state index in [2.05, 4.69) is 66.2 Å². The first-order valence-electron chi connectivity index (χ1n) is 21.4. The summed E-state index contributed by atoms with van der Waals surface area (Å²) >= 11 is 0. The van der Waals surface area contributed by atoms with Crippen LogP contribution in [-0.4, -0.2) is 45.9 Å². The largest absolute Gasteiger partial charge is 0.461 e. The summed E-state index contributed by atoms with van der Waals surface area (Å²) in [5.41, 5.74) is 0.968. The number of hydrogen-bond donors (Lipinski definition) is 1. The van der Waals surface area contributed by atoms with Gasteiger partial charge in [-0.25, -0.2) is 13.1 Å². The second-order valence-corrected chi connectivity index (χ2v) is 22.5. The number of carbonyl (C=O) groups is 1. The van der Waals surface area contributed by atoms with Crippen molar-refractivity contribution in [2.45, 2.75) is 131 Å². The van der Waals surface area contributed by atoms with Crippen molar-refractivity contribution in [3.8, 4) is 0 Å². The number of allylic oxidation sites excluding steroid dienone is 1. The van der Waals surface area contributed by atoms with Crippen molar-refractivity contribution in [1.29, 1.82) is 0 Å². The van der Waals surface area contributed by atoms with E-state index in [1.807, 2.05) is 50.2 Å². The molecule has 4 fully saturated rings. The van der Waals surface area contributed by atoms with Crippen LogP contribution >= 0.6 is 0 Å². The number of sulfonamides is 1. The van der Waals surface area contributed by atoms with E-state index in [9.17, 15) is 13.2 Å². The van der Waals surface area contributed by atoms with Crippen molar-refractivity contribution in [2.75, 3.05) is 19.8 Å². The Kier molecular flexibility index (Phi) is 10.9. The fourth-order valence-corrected chi connectivity index (χ4v) is 14.9. The minimum Gasteiger partial charge on any atom is -0.461 e. The zero-order valence-corrected chi connectivity index (χ0v) is 36.6. The molecule has 56 heavy (non-hydrogen) atoms. The normalized spacial score (nSPS) is 38.8. The minimum absolute atomic E-state index is 0.0326. The van der Waals surface area contributed by atoms with E-state index in [4.69, 9.17) is 14.2 Å². The summed E-state index contributed by atoms with van der Waals surface area (Å²) in [5.74, 6) is 1.57. The third-order valence-electron chi connectivity index (χ3n) is 16.7. The van der Waals surface area contributed by atoms with Crippen LogP contribution in [0.15, 0.2) is 77.2 Å². The van der Waals surface area contributed by atoms with Crippen LogP contribution in [0.3, 0.4) is 0 Å². The Labute approximate surface area is 338 Å². The molecule has 5 aliphatic rings. The monoisotopic (exact) mass is 787 g/mol. The van der Waals surface area contributed by atoms with Crippen LogP contribution in [0.25, 0.3) is 0 Å². The van der Waals surface area contributed by atoms with Gasteiger partial charge in [-0.2, -0.15) is 0 Å². The molecule has 308 valence electrons. The number of nitrogens with one attached hydrogen (secondary N) is 1. The van der Waals surface area contributed by atoms with Gasteiger partial charge in [0.15, 0.2) is 0 Å². The van der Waals surface area contributed by atoms with E-state index in [0.29, 0.717) is 36.9 Å². The summed E-state index contributed by atoms with van der Waals surface area (Å²) in [4.78, 5) is 15.0. The van der Waals surface area contributed by atoms with Crippen LogP contribution in [0.2, 0.25) is 0 Å². The molecule has 7 rings (SSSR count). The van der Waals surface area contributed by atoms with Gasteiger partial charge in [-0.15, -0.1) is 0 Å². The number of carbonyl (C=O) groups excluding carboxylic acids is 1. The lowest BCUT2D eigenvalue weighted by Crippen LogP contribution is -2.69. The fourth-order valence-electron chi connectivity index (χ4n) is 13.5. The number of hydrogen-bond acceptors (Lipinski definition) is 6. The van der Waals surface area contributed by atoms with Gasteiger partial charge in [0.25, 0.3) is 0 Å². The van der Waals surface area contributed by atoms with Crippen LogP contribution in [0.4, 0.5) is 0 Å². The number of rotatable bonds is 11. The highest BCUT2D eigenvalue weighted by Crippen LogP contribution is 2.75. The molecule has 1 aliphatic heterocycles. The van der Waals surface area contributed by atoms with E-state index in [1.54, 1.807) is 29.8 Å². The van der Waals surface area contributed by atoms with Crippen LogP contribution in [-0.2, 0) is 35.6 Å². The molecule has 1 heterocycles. The molecular formula is C48H69NO6S. The molecule has 2 bridgehead atoms. The van der Waals surface area contributed by atoms with Crippen molar-refractivity contribution in [3.05, 3.63) is 77.9 Å². The Morgan fingerprint density at radius 1 is 0.929 bits per heavy atom. The zero-order valence-electron chi connectivity index (χ0n) is 35.8. The van der Waals surface area contributed by atoms with Gasteiger partial charge >= 0.3 is 5.97 Å². The molecule has 4 aliphatic carbocycles. The molecule has 0 spiro atoms. The van der Waals surface area contributed by atoms with Crippen LogP contribution in [0, 0.1) is 62.6 Å². The Bertz CT molecular complexity index is 1900. The molecule has 0 unspecified atom stereocenters. The summed E-state index contributed by atoms with van der Waals surface area (Å²) in [6.45, 7) is 24.8. The summed E-state index contributed by atoms with van der Waals surface area (Å²) in [5, 5.41) is 0. The van der Waals surface area contributed by atoms with Crippen molar-refractivity contribution in [3.63, 3.8) is 0 Å². The van der Waals surface area contributed by atoms with E-state index >= 15 is 0 Å². The molecule has 0 aromatic heterocycles. The molecule has 3 saturated carbocycles. The van der Waals surface area contributed by atoms with Crippen LogP contribution < -0.4 is 4.72 Å². The van der Waals surface area contributed by atoms with Crippen molar-refractivity contribution in [1.82, 2.24) is 4.72 Å². The van der Waals surface area contributed by atoms with Crippen LogP contribution in [0.1, 0.15) is 113 Å². The quantitative estimate of drug-likeness (QED) is 0.180. The smallest absolute Gasteiger partial charge is 0.310 e. The molecule has 8 heteroatoms. The maximum atomic E-state index is 14.8. The Hall–Kier alpha value is -2.52. The Morgan fingerprint density at radius 3 is 2.25 bits per heavy atom. The Morgan fingerprint density at radius 2 is 1.59 bits per heavy atom. The van der Waals surface area contributed by atoms with Gasteiger partial charge in [0, 0.05) is 10.8 Å². The predicted octanol–water partition coefficient (Wildman–Crippen LogP) is 10.0. The van der Waals surface area contributed by atoms with Gasteiger partial charge in [-0.3, -0.25) is 4.79 Å². The minimum atomic E-state index is -3.70. The van der Waals surface area contributed by atoms with Crippen LogP contribution in [0.5, 0.6) is 0 Å². The highest BCUT2D eigenvalue weighted by Gasteiger charge is 2.71. The number of fused-ring (bicyclic) bond motifs is 3. The first-order valence-corrected chi connectivity index (χ1v) is 22.9. The topological polar surface area (TPSA) is 90.9 Å². The fraction of sp³-hybridized carbons (Fsp3) is 0.688. The second-order valence-electron chi connectivity index (χ2n) is 20.8. The highest BCUT2D eigenvalue weighted by molar-refractivity contribution is 7.89. The lowest BCUT2D eigenvalue weighted by Gasteiger charge is -2.71. The summed E-state index contributed by atoms with van der Waals surface area (Å²) in [7, 11) is -3.70. The first-order chi connectivity index (χ1) is 26.2. The molecule has 1 N–H and O–H groups in total. The highest BCUT2D eigenvalue weighted by atomic mass is 32.2. The van der Waals surface area contributed by atoms with E-state index in [-0.39, 0.29) is 62.5 Å². The molecule has 0 radical (unpaired) electrons.